The Bertz CT molecular complexity index is 119. The Morgan fingerprint density at radius 1 is 1.31 bits per heavy atom. The zero-order valence-electron chi connectivity index (χ0n) is 7.38. The van der Waals surface area contributed by atoms with E-state index in [-0.39, 0.29) is 67.4 Å². The van der Waals surface area contributed by atoms with Crippen molar-refractivity contribution in [2.75, 3.05) is 6.54 Å². The summed E-state index contributed by atoms with van der Waals surface area (Å²) in [4.78, 5) is 10.1. The summed E-state index contributed by atoms with van der Waals surface area (Å²) in [6.07, 6.45) is 2.16. The zero-order valence-corrected chi connectivity index (χ0v) is 14.7. The van der Waals surface area contributed by atoms with Gasteiger partial charge in [-0.15, -0.1) is 0 Å². The molecule has 0 spiro atoms. The number of hydrogen-bond acceptors (Lipinski definition) is 3. The van der Waals surface area contributed by atoms with Gasteiger partial charge in [-0.25, -0.2) is 0 Å². The molecule has 4 nitrogen and oxygen atoms in total. The second-order valence-electron chi connectivity index (χ2n) is 2.23. The fourth-order valence-electron chi connectivity index (χ4n) is 0.632. The van der Waals surface area contributed by atoms with Crippen LogP contribution < -0.4 is 59.4 Å². The number of carboxylic acid groups (broad SMARTS) is 1. The van der Waals surface area contributed by atoms with E-state index >= 15 is 0 Å². The Labute approximate surface area is 125 Å². The minimum atomic E-state index is -0.933. The van der Waals surface area contributed by atoms with E-state index in [9.17, 15) is 4.79 Å². The van der Waals surface area contributed by atoms with E-state index in [0.717, 1.165) is 12.8 Å². The molecule has 0 radical (unpaired) electrons. The van der Waals surface area contributed by atoms with Crippen molar-refractivity contribution in [2.45, 2.75) is 25.3 Å². The van der Waals surface area contributed by atoms with Gasteiger partial charge in [0.1, 0.15) is 6.04 Å². The third kappa shape index (κ3) is 16.2. The van der Waals surface area contributed by atoms with Crippen molar-refractivity contribution in [3.05, 3.63) is 0 Å². The van der Waals surface area contributed by atoms with Gasteiger partial charge in [0.25, 0.3) is 0 Å². The Hall–Kier alpha value is 1.47. The predicted molar refractivity (Wildman–Crippen MR) is 38.5 cm³/mol. The molecule has 0 amide bonds. The third-order valence-electron chi connectivity index (χ3n) is 1.29. The van der Waals surface area contributed by atoms with Gasteiger partial charge in [0.05, 0.1) is 0 Å². The van der Waals surface area contributed by atoms with Crippen LogP contribution in [0.5, 0.6) is 0 Å². The van der Waals surface area contributed by atoms with Gasteiger partial charge in [0.15, 0.2) is 0 Å². The van der Waals surface area contributed by atoms with Crippen LogP contribution in [0.3, 0.4) is 0 Å². The van der Waals surface area contributed by atoms with E-state index < -0.39 is 12.0 Å². The average molecular weight is 465 g/mol. The minimum Gasteiger partial charge on any atom is -1.00 e. The summed E-state index contributed by atoms with van der Waals surface area (Å²) in [6, 6.07) is -0.716. The Morgan fingerprint density at radius 3 is 2.08 bits per heavy atom. The molecule has 0 rings (SSSR count). The molecule has 0 aromatic heterocycles. The SMILES string of the molecule is NCCCC[C@H](N)C(=O)O.[I-].[I-].[Zn+2]. The molecule has 5 N–H and O–H groups in total. The summed E-state index contributed by atoms with van der Waals surface area (Å²) < 4.78 is 0. The maximum absolute atomic E-state index is 10.1. The first-order valence-corrected chi connectivity index (χ1v) is 3.37. The van der Waals surface area contributed by atoms with Crippen LogP contribution in [0.25, 0.3) is 0 Å². The molecule has 0 aliphatic carbocycles. The fraction of sp³-hybridized carbons (Fsp3) is 0.833. The summed E-state index contributed by atoms with van der Waals surface area (Å²) in [5.41, 5.74) is 10.4. The number of hydrogen-bond donors (Lipinski definition) is 3. The first-order chi connectivity index (χ1) is 4.68. The molecule has 7 heteroatoms. The summed E-state index contributed by atoms with van der Waals surface area (Å²) in [7, 11) is 0. The fourth-order valence-corrected chi connectivity index (χ4v) is 0.632. The number of aliphatic carboxylic acids is 1. The van der Waals surface area contributed by atoms with Crippen LogP contribution in [-0.4, -0.2) is 23.7 Å². The van der Waals surface area contributed by atoms with Gasteiger partial charge in [-0.2, -0.15) is 0 Å². The van der Waals surface area contributed by atoms with Crippen molar-refractivity contribution in [3.63, 3.8) is 0 Å². The molecule has 0 fully saturated rings. The van der Waals surface area contributed by atoms with Gasteiger partial charge >= 0.3 is 25.4 Å². The van der Waals surface area contributed by atoms with Crippen LogP contribution in [0.4, 0.5) is 0 Å². The van der Waals surface area contributed by atoms with Crippen LogP contribution in [0.2, 0.25) is 0 Å². The number of rotatable bonds is 5. The molecule has 0 unspecified atom stereocenters. The van der Waals surface area contributed by atoms with Crippen LogP contribution in [-0.2, 0) is 24.3 Å². The Kier molecular flexibility index (Phi) is 29.3. The minimum absolute atomic E-state index is 0. The predicted octanol–water partition coefficient (Wildman–Crippen LogP) is -6.47. The molecule has 0 heterocycles. The third-order valence-corrected chi connectivity index (χ3v) is 1.29. The molecule has 0 aromatic rings. The molecule has 13 heavy (non-hydrogen) atoms. The smallest absolute Gasteiger partial charge is 1.00 e. The van der Waals surface area contributed by atoms with E-state index in [0.29, 0.717) is 13.0 Å². The van der Waals surface area contributed by atoms with E-state index in [2.05, 4.69) is 0 Å². The standard InChI is InChI=1S/C6H14N2O2.2HI.Zn/c7-4-2-1-3-5(8)6(9)10;;;/h5H,1-4,7-8H2,(H,9,10);2*1H;/q;;;+2/p-2/t5-;;;/m0.../s1. The number of carbonyl (C=O) groups is 1. The molecule has 0 bridgehead atoms. The summed E-state index contributed by atoms with van der Waals surface area (Å²) in [6.45, 7) is 0.604. The van der Waals surface area contributed by atoms with Crippen LogP contribution >= 0.6 is 0 Å². The van der Waals surface area contributed by atoms with Gasteiger partial charge in [-0.05, 0) is 19.4 Å². The van der Waals surface area contributed by atoms with Crippen LogP contribution in [0.15, 0.2) is 0 Å². The van der Waals surface area contributed by atoms with Gasteiger partial charge in [0.2, 0.25) is 0 Å². The largest absolute Gasteiger partial charge is 2.00 e. The van der Waals surface area contributed by atoms with Crippen molar-refractivity contribution in [1.29, 1.82) is 0 Å². The zero-order chi connectivity index (χ0) is 7.98. The number of halogens is 2. The van der Waals surface area contributed by atoms with Crippen LogP contribution in [0, 0.1) is 0 Å². The van der Waals surface area contributed by atoms with Crippen molar-refractivity contribution < 1.29 is 77.3 Å². The number of unbranched alkanes of at least 4 members (excludes halogenated alkanes) is 1. The van der Waals surface area contributed by atoms with Crippen molar-refractivity contribution in [2.24, 2.45) is 11.5 Å². The first-order valence-electron chi connectivity index (χ1n) is 3.37. The molecule has 0 aliphatic rings. The summed E-state index contributed by atoms with van der Waals surface area (Å²) in [5.74, 6) is -0.933. The maximum Gasteiger partial charge on any atom is 2.00 e. The molecule has 0 saturated carbocycles. The second-order valence-corrected chi connectivity index (χ2v) is 2.23. The molecule has 1 atom stereocenters. The average Bonchev–Trinajstić information content (AvgIpc) is 1.88. The quantitative estimate of drug-likeness (QED) is 0.214. The summed E-state index contributed by atoms with van der Waals surface area (Å²) >= 11 is 0. The van der Waals surface area contributed by atoms with Crippen molar-refractivity contribution in [3.8, 4) is 0 Å². The molecule has 0 saturated heterocycles. The normalized spacial score (nSPS) is 10.0. The second kappa shape index (κ2) is 15.9. The van der Waals surface area contributed by atoms with Crippen LogP contribution in [0.1, 0.15) is 19.3 Å². The van der Waals surface area contributed by atoms with Crippen molar-refractivity contribution in [1.82, 2.24) is 0 Å². The molecular weight excluding hydrogens is 451 g/mol. The number of nitrogens with two attached hydrogens (primary N) is 2. The van der Waals surface area contributed by atoms with Gasteiger partial charge in [-0.1, -0.05) is 6.42 Å². The van der Waals surface area contributed by atoms with Gasteiger partial charge in [-0.3, -0.25) is 4.79 Å². The number of carboxylic acids is 1. The molecule has 76 valence electrons. The molecular formula is C6H14I2N2O2Zn. The van der Waals surface area contributed by atoms with E-state index in [1.807, 2.05) is 0 Å². The maximum atomic E-state index is 10.1. The Morgan fingerprint density at radius 2 is 1.77 bits per heavy atom. The molecule has 0 aromatic carbocycles. The van der Waals surface area contributed by atoms with Gasteiger partial charge in [0, 0.05) is 0 Å². The van der Waals surface area contributed by atoms with Crippen molar-refractivity contribution >= 4 is 5.97 Å². The first kappa shape index (κ1) is 24.0. The van der Waals surface area contributed by atoms with E-state index in [1.54, 1.807) is 0 Å². The van der Waals surface area contributed by atoms with E-state index in [4.69, 9.17) is 16.6 Å². The van der Waals surface area contributed by atoms with Gasteiger partial charge < -0.3 is 64.5 Å². The monoisotopic (exact) mass is 464 g/mol. The Balaban J connectivity index is -0.000000135. The summed E-state index contributed by atoms with van der Waals surface area (Å²) in [5, 5.41) is 8.33. The molecule has 0 aliphatic heterocycles. The van der Waals surface area contributed by atoms with E-state index in [1.165, 1.54) is 0 Å². The topological polar surface area (TPSA) is 89.3 Å².